The highest BCUT2D eigenvalue weighted by Crippen LogP contribution is 2.30. The molecule has 0 amide bonds. The van der Waals surface area contributed by atoms with Crippen LogP contribution in [0, 0.1) is 5.92 Å². The molecule has 0 aliphatic rings. The monoisotopic (exact) mass is 299 g/mol. The number of carbonyl (C=O) groups is 1. The molecule has 0 fully saturated rings. The van der Waals surface area contributed by atoms with Gasteiger partial charge in [0.25, 0.3) is 0 Å². The van der Waals surface area contributed by atoms with Crippen molar-refractivity contribution in [1.82, 2.24) is 4.98 Å². The Morgan fingerprint density at radius 3 is 2.48 bits per heavy atom. The average Bonchev–Trinajstić information content (AvgIpc) is 2.82. The van der Waals surface area contributed by atoms with Crippen LogP contribution in [-0.2, 0) is 4.79 Å². The van der Waals surface area contributed by atoms with Gasteiger partial charge in [0.15, 0.2) is 0 Å². The Kier molecular flexibility index (Phi) is 3.50. The number of rotatable bonds is 3. The van der Waals surface area contributed by atoms with Crippen molar-refractivity contribution < 1.29 is 4.79 Å². The first-order valence-electron chi connectivity index (χ1n) is 7.22. The fourth-order valence-corrected chi connectivity index (χ4v) is 3.00. The van der Waals surface area contributed by atoms with Gasteiger partial charge in [-0.1, -0.05) is 44.5 Å². The van der Waals surface area contributed by atoms with Gasteiger partial charge < -0.3 is 4.98 Å². The van der Waals surface area contributed by atoms with Gasteiger partial charge >= 0.3 is 0 Å². The van der Waals surface area contributed by atoms with Crippen LogP contribution in [0.15, 0.2) is 36.4 Å². The van der Waals surface area contributed by atoms with Gasteiger partial charge in [0.05, 0.1) is 0 Å². The molecular weight excluding hydrogens is 282 g/mol. The topological polar surface area (TPSA) is 32.9 Å². The molecule has 2 nitrogen and oxygen atoms in total. The number of hydrogen-bond donors (Lipinski definition) is 1. The number of halogens is 1. The molecule has 1 heterocycles. The number of nitrogens with one attached hydrogen (secondary N) is 1. The summed E-state index contributed by atoms with van der Waals surface area (Å²) >= 11 is 6.08. The van der Waals surface area contributed by atoms with E-state index in [4.69, 9.17) is 11.6 Å². The highest BCUT2D eigenvalue weighted by atomic mass is 35.5. The van der Waals surface area contributed by atoms with Gasteiger partial charge in [0.1, 0.15) is 5.78 Å². The standard InChI is InChI=1S/C18H18ClNO/c1-10(2)18(21)11(3)12-4-6-14-15-9-13(19)5-7-16(15)20-17(14)8-12/h4-11,20H,1-3H3. The molecule has 1 N–H and O–H groups in total. The fraction of sp³-hybridized carbons (Fsp3) is 0.278. The summed E-state index contributed by atoms with van der Waals surface area (Å²) in [4.78, 5) is 15.6. The third-order valence-electron chi connectivity index (χ3n) is 4.08. The third kappa shape index (κ3) is 2.44. The summed E-state index contributed by atoms with van der Waals surface area (Å²) in [5.74, 6) is 0.245. The minimum absolute atomic E-state index is 0.0530. The summed E-state index contributed by atoms with van der Waals surface area (Å²) in [7, 11) is 0. The minimum atomic E-state index is -0.0793. The van der Waals surface area contributed by atoms with Crippen LogP contribution in [0.1, 0.15) is 32.3 Å². The number of ketones is 1. The van der Waals surface area contributed by atoms with Crippen LogP contribution in [0.4, 0.5) is 0 Å². The summed E-state index contributed by atoms with van der Waals surface area (Å²) < 4.78 is 0. The van der Waals surface area contributed by atoms with Crippen LogP contribution in [-0.4, -0.2) is 10.8 Å². The fourth-order valence-electron chi connectivity index (χ4n) is 2.83. The maximum atomic E-state index is 12.2. The summed E-state index contributed by atoms with van der Waals surface area (Å²) in [6.45, 7) is 5.87. The van der Waals surface area contributed by atoms with Crippen LogP contribution in [0.25, 0.3) is 21.8 Å². The van der Waals surface area contributed by atoms with Crippen molar-refractivity contribution in [3.8, 4) is 0 Å². The second-order valence-corrected chi connectivity index (χ2v) is 6.34. The lowest BCUT2D eigenvalue weighted by Gasteiger charge is -2.13. The molecule has 0 spiro atoms. The number of hydrogen-bond acceptors (Lipinski definition) is 1. The Morgan fingerprint density at radius 1 is 1.00 bits per heavy atom. The molecule has 0 radical (unpaired) electrons. The van der Waals surface area contributed by atoms with E-state index in [0.717, 1.165) is 32.4 Å². The van der Waals surface area contributed by atoms with Gasteiger partial charge in [-0.3, -0.25) is 4.79 Å². The van der Waals surface area contributed by atoms with Crippen molar-refractivity contribution in [2.75, 3.05) is 0 Å². The molecule has 108 valence electrons. The maximum absolute atomic E-state index is 12.2. The van der Waals surface area contributed by atoms with Crippen molar-refractivity contribution in [2.45, 2.75) is 26.7 Å². The Bertz CT molecular complexity index is 832. The number of H-pyrrole nitrogens is 1. The Balaban J connectivity index is 2.12. The second-order valence-electron chi connectivity index (χ2n) is 5.90. The van der Waals surface area contributed by atoms with E-state index in [2.05, 4.69) is 17.1 Å². The summed E-state index contributed by atoms with van der Waals surface area (Å²) in [6, 6.07) is 12.0. The van der Waals surface area contributed by atoms with Crippen LogP contribution >= 0.6 is 11.6 Å². The molecule has 21 heavy (non-hydrogen) atoms. The molecule has 3 aromatic rings. The first-order chi connectivity index (χ1) is 9.97. The van der Waals surface area contributed by atoms with E-state index in [1.165, 1.54) is 0 Å². The van der Waals surface area contributed by atoms with E-state index < -0.39 is 0 Å². The minimum Gasteiger partial charge on any atom is -0.355 e. The van der Waals surface area contributed by atoms with Gasteiger partial charge in [-0.25, -0.2) is 0 Å². The quantitative estimate of drug-likeness (QED) is 0.699. The second kappa shape index (κ2) is 5.19. The molecule has 1 aromatic heterocycles. The van der Waals surface area contributed by atoms with Crippen molar-refractivity contribution in [1.29, 1.82) is 0 Å². The van der Waals surface area contributed by atoms with Gasteiger partial charge in [0.2, 0.25) is 0 Å². The number of benzene rings is 2. The van der Waals surface area contributed by atoms with E-state index in [-0.39, 0.29) is 17.6 Å². The van der Waals surface area contributed by atoms with Gasteiger partial charge in [-0.2, -0.15) is 0 Å². The number of carbonyl (C=O) groups excluding carboxylic acids is 1. The Morgan fingerprint density at radius 2 is 1.76 bits per heavy atom. The van der Waals surface area contributed by atoms with E-state index in [1.54, 1.807) is 0 Å². The Hall–Kier alpha value is -1.80. The normalized spacial score (nSPS) is 13.2. The SMILES string of the molecule is CC(C)C(=O)C(C)c1ccc2c(c1)[nH]c1ccc(Cl)cc12. The summed E-state index contributed by atoms with van der Waals surface area (Å²) in [5, 5.41) is 2.99. The smallest absolute Gasteiger partial charge is 0.142 e. The lowest BCUT2D eigenvalue weighted by atomic mass is 9.90. The molecule has 0 aliphatic carbocycles. The lowest BCUT2D eigenvalue weighted by molar-refractivity contribution is -0.123. The van der Waals surface area contributed by atoms with E-state index in [9.17, 15) is 4.79 Å². The molecule has 0 bridgehead atoms. The number of Topliss-reactive ketones (excluding diaryl/α,β-unsaturated/α-hetero) is 1. The van der Waals surface area contributed by atoms with Crippen LogP contribution in [0.3, 0.4) is 0 Å². The molecule has 3 rings (SSSR count). The predicted molar refractivity (Wildman–Crippen MR) is 89.1 cm³/mol. The zero-order valence-corrected chi connectivity index (χ0v) is 13.2. The number of fused-ring (bicyclic) bond motifs is 3. The number of aromatic nitrogens is 1. The third-order valence-corrected chi connectivity index (χ3v) is 4.32. The summed E-state index contributed by atoms with van der Waals surface area (Å²) in [6.07, 6.45) is 0. The molecule has 1 unspecified atom stereocenters. The molecule has 0 aliphatic heterocycles. The van der Waals surface area contributed by atoms with Crippen LogP contribution < -0.4 is 0 Å². The van der Waals surface area contributed by atoms with E-state index >= 15 is 0 Å². The van der Waals surface area contributed by atoms with E-state index in [0.29, 0.717) is 0 Å². The highest BCUT2D eigenvalue weighted by molar-refractivity contribution is 6.31. The summed E-state index contributed by atoms with van der Waals surface area (Å²) in [5.41, 5.74) is 3.17. The molecule has 0 saturated carbocycles. The van der Waals surface area contributed by atoms with Gasteiger partial charge in [-0.05, 0) is 29.8 Å². The lowest BCUT2D eigenvalue weighted by Crippen LogP contribution is -2.15. The zero-order chi connectivity index (χ0) is 15.1. The molecule has 0 saturated heterocycles. The largest absolute Gasteiger partial charge is 0.355 e. The van der Waals surface area contributed by atoms with Crippen molar-refractivity contribution in [2.24, 2.45) is 5.92 Å². The molecule has 1 atom stereocenters. The molecule has 2 aromatic carbocycles. The zero-order valence-electron chi connectivity index (χ0n) is 12.4. The first kappa shape index (κ1) is 14.2. The van der Waals surface area contributed by atoms with Crippen LogP contribution in [0.2, 0.25) is 5.02 Å². The molecule has 3 heteroatoms. The predicted octanol–water partition coefficient (Wildman–Crippen LogP) is 5.30. The van der Waals surface area contributed by atoms with Crippen molar-refractivity contribution in [3.63, 3.8) is 0 Å². The van der Waals surface area contributed by atoms with Crippen LogP contribution in [0.5, 0.6) is 0 Å². The first-order valence-corrected chi connectivity index (χ1v) is 7.60. The van der Waals surface area contributed by atoms with Gasteiger partial charge in [0, 0.05) is 38.7 Å². The van der Waals surface area contributed by atoms with E-state index in [1.807, 2.05) is 45.0 Å². The average molecular weight is 300 g/mol. The maximum Gasteiger partial charge on any atom is 0.142 e. The molecular formula is C18H18ClNO. The highest BCUT2D eigenvalue weighted by Gasteiger charge is 2.19. The van der Waals surface area contributed by atoms with Crippen molar-refractivity contribution >= 4 is 39.2 Å². The van der Waals surface area contributed by atoms with Crippen molar-refractivity contribution in [3.05, 3.63) is 47.0 Å². The number of aromatic amines is 1. The van der Waals surface area contributed by atoms with Gasteiger partial charge in [-0.15, -0.1) is 0 Å². The Labute approximate surface area is 129 Å².